The highest BCUT2D eigenvalue weighted by Gasteiger charge is 2.54. The number of allylic oxidation sites excluding steroid dienone is 3. The van der Waals surface area contributed by atoms with Gasteiger partial charge in [-0.3, -0.25) is 53.3 Å². The van der Waals surface area contributed by atoms with Gasteiger partial charge in [0, 0.05) is 94.4 Å². The van der Waals surface area contributed by atoms with Crippen LogP contribution in [0.3, 0.4) is 0 Å². The van der Waals surface area contributed by atoms with Gasteiger partial charge in [0.1, 0.15) is 73.4 Å². The number of aliphatic hydroxyl groups is 5. The molecule has 0 saturated carbocycles. The van der Waals surface area contributed by atoms with E-state index < -0.39 is 245 Å². The van der Waals surface area contributed by atoms with Crippen molar-refractivity contribution in [2.45, 2.75) is 317 Å². The van der Waals surface area contributed by atoms with Gasteiger partial charge in [-0.2, -0.15) is 5.48 Å². The Bertz CT molecular complexity index is 5210. The normalized spacial score (nSPS) is 25.9. The number of carbonyl (C=O) groups is 13. The Kier molecular flexibility index (Phi) is 50.1. The van der Waals surface area contributed by atoms with Crippen molar-refractivity contribution < 1.29 is 154 Å². The molecule has 4 saturated heterocycles. The van der Waals surface area contributed by atoms with Crippen LogP contribution >= 0.6 is 55.9 Å². The fourth-order valence-corrected chi connectivity index (χ4v) is 21.6. The van der Waals surface area contributed by atoms with Crippen molar-refractivity contribution in [2.24, 2.45) is 29.0 Å². The number of hydrogen-bond donors (Lipinski definition) is 19. The number of likely N-dealkylation sites (N-methyl/N-ethyl adjacent to an activating group) is 1. The number of unbranched alkanes of at least 4 members (excludes halogenated alkanes) is 1. The fraction of sp³-hybridized carbons (Fsp3) is 0.646. The van der Waals surface area contributed by atoms with Crippen LogP contribution in [0.5, 0.6) is 17.2 Å². The zero-order chi connectivity index (χ0) is 111. The highest BCUT2D eigenvalue weighted by molar-refractivity contribution is 14.1. The number of anilines is 1. The standard InChI is InChI=1S/C99H146IN15O32S3/c1-19-115(97(132)140-47-57-32-34-58(35-33-57)109-87(124)62(30-27-41-106-95(103)130)111-90(127)74(50(4)5)112-88(125)61(107-55(10)116)28-23-25-39-101)63-48-139-68(45-67(63)134-14)145-83-78(121)75(114-147-69-44-64(118)85(54(9)141-69)149-91(128)70-51(6)72(100)81(84(137-17)80(70)135-15)146-92-79(122)82(136-16)77(120)53(8)143-92)52(7)142-93(83)144-66-31-22-20-21-24-37-99(133)46-65(119)76(113-96(131)138-18)71(66)59(99)36-43-148-150-98(12,13)38-42-104-86(123)60(29-26-40-105-94(102)129)110-89(126)73(49(2)3)108-56(11)117/h20-21,32-36,49-50,52-54,60-64,66-69,73-75,77-79,82-83,85,92-93,114,118,120-122,133H,19,23,25-30,38-48,101H2,1-18H3,(H,104,123)(H,107,116)(H,108,117)(H,109,124)(H,110,126)(H,111,127)(H,112,125)(H,113,131)(H3,102,105,129)(H3,103,106,130)/b21-20?,59-36+/t52-,53+,54-,60+,61+,62+,63+,64+,66+,67+,68+,69+,73+,74+,75-,77+,78+,79-,82-,83-,85-,92+,93+,99+/m1/s1. The van der Waals surface area contributed by atoms with Crippen LogP contribution in [0.2, 0.25) is 0 Å². The highest BCUT2D eigenvalue weighted by Crippen LogP contribution is 2.50. The molecule has 2 aromatic rings. The molecule has 834 valence electrons. The molecule has 4 heterocycles. The van der Waals surface area contributed by atoms with Crippen molar-refractivity contribution in [1.29, 1.82) is 0 Å². The van der Waals surface area contributed by atoms with Crippen LogP contribution in [0.15, 0.2) is 59.3 Å². The number of fused-ring (bicyclic) bond motifs is 2. The second-order valence-electron chi connectivity index (χ2n) is 37.8. The fourth-order valence-electron chi connectivity index (χ4n) is 17.4. The van der Waals surface area contributed by atoms with Crippen molar-refractivity contribution in [2.75, 3.05) is 85.9 Å². The minimum Gasteiger partial charge on any atom is -0.492 e. The minimum absolute atomic E-state index is 0.00825. The summed E-state index contributed by atoms with van der Waals surface area (Å²) in [6, 6.07) is -2.89. The summed E-state index contributed by atoms with van der Waals surface area (Å²) in [7, 11) is 9.12. The number of ether oxygens (including phenoxy) is 13. The lowest BCUT2D eigenvalue weighted by Crippen LogP contribution is -2.65. The van der Waals surface area contributed by atoms with Gasteiger partial charge in [0.2, 0.25) is 58.5 Å². The molecular formula is C99H146IN15O32S3. The van der Waals surface area contributed by atoms with E-state index in [-0.39, 0.29) is 136 Å². The Morgan fingerprint density at radius 1 is 0.673 bits per heavy atom. The third kappa shape index (κ3) is 35.5. The molecule has 6 aliphatic rings. The van der Waals surface area contributed by atoms with E-state index in [9.17, 15) is 87.9 Å². The molecule has 47 nitrogen and oxygen atoms in total. The lowest BCUT2D eigenvalue weighted by Gasteiger charge is -2.47. The molecule has 2 aromatic carbocycles. The quantitative estimate of drug-likeness (QED) is 0.0149. The number of Topliss-reactive ketones (excluding diaryl/α,β-unsaturated/α-hetero) is 1. The summed E-state index contributed by atoms with van der Waals surface area (Å²) in [6.07, 6.45) is -16.6. The van der Waals surface area contributed by atoms with Gasteiger partial charge in [0.05, 0.1) is 97.0 Å². The zero-order valence-corrected chi connectivity index (χ0v) is 92.1. The van der Waals surface area contributed by atoms with Crippen LogP contribution in [0.4, 0.5) is 24.9 Å². The Hall–Kier alpha value is -9.97. The van der Waals surface area contributed by atoms with Crippen molar-refractivity contribution in [3.8, 4) is 40.9 Å². The second kappa shape index (κ2) is 60.0. The maximum absolute atomic E-state index is 14.8. The number of hydroxylamine groups is 1. The number of amides is 13. The number of methoxy groups -OCH3 is 5. The van der Waals surface area contributed by atoms with E-state index in [2.05, 4.69) is 82.3 Å². The van der Waals surface area contributed by atoms with Crippen LogP contribution in [-0.4, -0.2) is 338 Å². The van der Waals surface area contributed by atoms with Crippen molar-refractivity contribution in [3.63, 3.8) is 0 Å². The van der Waals surface area contributed by atoms with Crippen LogP contribution in [0.25, 0.3) is 0 Å². The average molecular weight is 2280 g/mol. The van der Waals surface area contributed by atoms with Gasteiger partial charge in [0.25, 0.3) is 0 Å². The SMILES string of the molecule is CCN(C(=O)OCc1ccc(NC(=O)[C@H](CCCNC(N)=O)NC(=O)[C@@H](NC(=O)[C@H](CCCCN)NC(C)=O)C(C)C)cc1)[C@H]1CO[C@@H](O[C@H]2[C@H](O[C@H]3C#CC=CC#C[C@]4(O)CC(=O)C(NC(=O)OC)=C3/C4=C\CSSC(C)(C)CCNC(=O)[C@H](CCCNC(N)=O)NC(=O)[C@@H](NC(C)=O)C(C)C)O[C@H](C)[C@@H](NO[C@H]3C[C@H](O)[C@H](SC(=O)c4c(C)c(I)c(O[C@@H]5O[C@@H](C)[C@H](O)[C@@H](OC)[C@H]5O)c(OC)c4OC)[C@@H](C)O3)[C@@H]2O)C[C@@H]1OC. The van der Waals surface area contributed by atoms with Crippen molar-refractivity contribution in [1.82, 2.24) is 58.2 Å². The first-order valence-electron chi connectivity index (χ1n) is 49.4. The predicted molar refractivity (Wildman–Crippen MR) is 559 cm³/mol. The summed E-state index contributed by atoms with van der Waals surface area (Å²) >= 11 is 2.72. The van der Waals surface area contributed by atoms with Crippen LogP contribution in [0, 0.1) is 46.0 Å². The molecule has 51 heteroatoms. The molecule has 4 fully saturated rings. The smallest absolute Gasteiger partial charge is 0.411 e. The molecule has 0 spiro atoms. The number of nitrogens with zero attached hydrogens (tertiary/aromatic N) is 1. The van der Waals surface area contributed by atoms with E-state index in [4.69, 9.17) is 83.6 Å². The molecular weight excluding hydrogens is 2130 g/mol. The molecule has 0 radical (unpaired) electrons. The van der Waals surface area contributed by atoms with Gasteiger partial charge >= 0.3 is 24.2 Å². The molecule has 4 aliphatic heterocycles. The Balaban J connectivity index is 1.04. The maximum atomic E-state index is 14.8. The van der Waals surface area contributed by atoms with Crippen LogP contribution in [0.1, 0.15) is 175 Å². The van der Waals surface area contributed by atoms with Gasteiger partial charge in [-0.15, -0.1) is 0 Å². The molecule has 8 rings (SSSR count). The molecule has 22 N–H and O–H groups in total. The van der Waals surface area contributed by atoms with Crippen LogP contribution in [-0.2, 0) is 97.2 Å². The van der Waals surface area contributed by atoms with E-state index in [0.717, 1.165) is 18.9 Å². The Morgan fingerprint density at radius 2 is 1.29 bits per heavy atom. The lowest BCUT2D eigenvalue weighted by molar-refractivity contribution is -0.337. The summed E-state index contributed by atoms with van der Waals surface area (Å²) in [6.45, 7) is 21.4. The summed E-state index contributed by atoms with van der Waals surface area (Å²) < 4.78 is 79.5. The molecule has 0 unspecified atom stereocenters. The summed E-state index contributed by atoms with van der Waals surface area (Å²) in [4.78, 5) is 182. The van der Waals surface area contributed by atoms with Gasteiger partial charge in [-0.1, -0.05) is 103 Å². The van der Waals surface area contributed by atoms with E-state index in [1.807, 2.05) is 36.4 Å². The summed E-state index contributed by atoms with van der Waals surface area (Å²) in [5.74, 6) is 5.82. The summed E-state index contributed by atoms with van der Waals surface area (Å²) in [5.41, 5.74) is 17.3. The predicted octanol–water partition coefficient (Wildman–Crippen LogP) is 2.99. The molecule has 13 amide bonds. The summed E-state index contributed by atoms with van der Waals surface area (Å²) in [5, 5.41) is 85.2. The number of benzene rings is 2. The number of primary amides is 2. The average Bonchev–Trinajstić information content (AvgIpc) is 0.747. The molecule has 2 bridgehead atoms. The number of rotatable bonds is 52. The Labute approximate surface area is 898 Å². The van der Waals surface area contributed by atoms with Gasteiger partial charge in [-0.25, -0.2) is 19.2 Å². The third-order valence-electron chi connectivity index (χ3n) is 25.4. The van der Waals surface area contributed by atoms with Gasteiger partial charge in [0.15, 0.2) is 41.8 Å². The first-order chi connectivity index (χ1) is 71.1. The van der Waals surface area contributed by atoms with Crippen molar-refractivity contribution >= 4 is 138 Å². The van der Waals surface area contributed by atoms with E-state index in [1.54, 1.807) is 92.7 Å². The maximum Gasteiger partial charge on any atom is 0.411 e. The number of ketones is 1. The largest absolute Gasteiger partial charge is 0.492 e. The lowest BCUT2D eigenvalue weighted by atomic mass is 9.75. The first kappa shape index (κ1) is 125. The van der Waals surface area contributed by atoms with E-state index in [0.29, 0.717) is 40.5 Å². The number of nitrogens with one attached hydrogen (secondary N) is 11. The highest BCUT2D eigenvalue weighted by atomic mass is 127. The minimum atomic E-state index is -2.33. The topological polar surface area (TPSA) is 666 Å². The van der Waals surface area contributed by atoms with Gasteiger partial charge in [-0.05, 0) is 176 Å². The zero-order valence-electron chi connectivity index (χ0n) is 87.5. The van der Waals surface area contributed by atoms with Gasteiger partial charge < -0.3 is 157 Å². The number of halogens is 1. The molecule has 2 aliphatic carbocycles. The number of thioether (sulfide) groups is 1. The number of urea groups is 2. The number of nitrogens with two attached hydrogens (primary N) is 3. The number of hydrogen-bond acceptors (Lipinski definition) is 37. The third-order valence-corrected chi connectivity index (χ3v) is 31.3. The molecule has 24 atom stereocenters. The number of carbonyl (C=O) groups excluding carboxylic acids is 13. The van der Waals surface area contributed by atoms with E-state index >= 15 is 0 Å². The Morgan fingerprint density at radius 3 is 1.87 bits per heavy atom. The number of aliphatic hydroxyl groups excluding tert-OH is 4. The monoisotopic (exact) mass is 2280 g/mol. The molecule has 150 heavy (non-hydrogen) atoms. The second-order valence-corrected chi connectivity index (χ2v) is 43.1. The first-order valence-corrected chi connectivity index (χ1v) is 53.6. The van der Waals surface area contributed by atoms with Crippen LogP contribution < -0.4 is 90.1 Å². The van der Waals surface area contributed by atoms with E-state index in [1.165, 1.54) is 80.9 Å². The number of alkyl carbamates (subject to hydrolysis) is 1. The van der Waals surface area contributed by atoms with Crippen molar-refractivity contribution in [3.05, 3.63) is 79.6 Å². The molecule has 0 aromatic heterocycles.